The molecule has 0 bridgehead atoms. The average Bonchev–Trinajstić information content (AvgIpc) is 3.28. The van der Waals surface area contributed by atoms with Crippen LogP contribution in [0.5, 0.6) is 0 Å². The lowest BCUT2D eigenvalue weighted by molar-refractivity contribution is -0.131. The van der Waals surface area contributed by atoms with Crippen LogP contribution < -0.4 is 0 Å². The summed E-state index contributed by atoms with van der Waals surface area (Å²) in [5.74, 6) is 2.06. The number of piperidine rings is 1. The van der Waals surface area contributed by atoms with Gasteiger partial charge in [0.15, 0.2) is 0 Å². The lowest BCUT2D eigenvalue weighted by Crippen LogP contribution is -2.39. The number of hydrogen-bond acceptors (Lipinski definition) is 4. The maximum Gasteiger partial charge on any atom is 0.228 e. The molecule has 1 fully saturated rings. The number of aromatic amines is 1. The predicted octanol–water partition coefficient (Wildman–Crippen LogP) is 4.09. The number of nitrogens with one attached hydrogen (secondary N) is 1. The second-order valence-electron chi connectivity index (χ2n) is 7.30. The van der Waals surface area contributed by atoms with E-state index in [0.717, 1.165) is 53.5 Å². The molecule has 26 heavy (non-hydrogen) atoms. The molecule has 1 N–H and O–H groups in total. The third-order valence-electron chi connectivity index (χ3n) is 5.04. The molecule has 136 valence electrons. The number of likely N-dealkylation sites (tertiary alicyclic amines) is 1. The van der Waals surface area contributed by atoms with Crippen molar-refractivity contribution in [3.05, 3.63) is 46.2 Å². The number of aromatic nitrogens is 3. The predicted molar refractivity (Wildman–Crippen MR) is 105 cm³/mol. The zero-order chi connectivity index (χ0) is 18.1. The second-order valence-corrected chi connectivity index (χ2v) is 8.19. The standard InChI is InChI=1S/C20H24N4OS/c1-13(2)20-21-15(12-26-20)11-18(25)24-9-7-14(8-10-24)19-22-16-5-3-4-6-17(16)23-19/h3-6,12-14H,7-11H2,1-2H3,(H,22,23). The summed E-state index contributed by atoms with van der Waals surface area (Å²) in [6, 6.07) is 8.13. The van der Waals surface area contributed by atoms with Crippen LogP contribution in [-0.2, 0) is 11.2 Å². The van der Waals surface area contributed by atoms with Gasteiger partial charge in [0.1, 0.15) is 5.82 Å². The third-order valence-corrected chi connectivity index (χ3v) is 6.23. The summed E-state index contributed by atoms with van der Waals surface area (Å²) < 4.78 is 0. The minimum Gasteiger partial charge on any atom is -0.342 e. The van der Waals surface area contributed by atoms with Gasteiger partial charge in [-0.05, 0) is 25.0 Å². The average molecular weight is 369 g/mol. The lowest BCUT2D eigenvalue weighted by Gasteiger charge is -2.31. The highest BCUT2D eigenvalue weighted by Gasteiger charge is 2.26. The van der Waals surface area contributed by atoms with Crippen molar-refractivity contribution in [3.63, 3.8) is 0 Å². The highest BCUT2D eigenvalue weighted by atomic mass is 32.1. The molecule has 1 aliphatic heterocycles. The first-order valence-electron chi connectivity index (χ1n) is 9.27. The summed E-state index contributed by atoms with van der Waals surface area (Å²) in [7, 11) is 0. The van der Waals surface area contributed by atoms with Crippen LogP contribution in [0.1, 0.15) is 55.1 Å². The van der Waals surface area contributed by atoms with Gasteiger partial charge in [0.05, 0.1) is 28.2 Å². The Morgan fingerprint density at radius 1 is 1.27 bits per heavy atom. The molecule has 3 heterocycles. The van der Waals surface area contributed by atoms with Gasteiger partial charge in [-0.2, -0.15) is 0 Å². The fourth-order valence-corrected chi connectivity index (χ4v) is 4.34. The molecule has 0 saturated carbocycles. The summed E-state index contributed by atoms with van der Waals surface area (Å²) in [4.78, 5) is 27.3. The minimum atomic E-state index is 0.189. The Balaban J connectivity index is 1.35. The van der Waals surface area contributed by atoms with Gasteiger partial charge in [-0.3, -0.25) is 4.79 Å². The number of H-pyrrole nitrogens is 1. The molecule has 0 atom stereocenters. The molecule has 4 rings (SSSR count). The van der Waals surface area contributed by atoms with Crippen molar-refractivity contribution in [2.75, 3.05) is 13.1 Å². The Kier molecular flexibility index (Phi) is 4.76. The Bertz CT molecular complexity index is 872. The maximum atomic E-state index is 12.6. The van der Waals surface area contributed by atoms with Crippen LogP contribution in [0.25, 0.3) is 11.0 Å². The van der Waals surface area contributed by atoms with E-state index in [1.54, 1.807) is 11.3 Å². The van der Waals surface area contributed by atoms with Crippen molar-refractivity contribution in [3.8, 4) is 0 Å². The van der Waals surface area contributed by atoms with Crippen molar-refractivity contribution >= 4 is 28.3 Å². The first-order valence-corrected chi connectivity index (χ1v) is 10.1. The molecule has 5 nitrogen and oxygen atoms in total. The molecular weight excluding hydrogens is 344 g/mol. The number of para-hydroxylation sites is 2. The van der Waals surface area contributed by atoms with Gasteiger partial charge in [0.25, 0.3) is 0 Å². The fourth-order valence-electron chi connectivity index (χ4n) is 3.50. The lowest BCUT2D eigenvalue weighted by atomic mass is 9.96. The van der Waals surface area contributed by atoms with Gasteiger partial charge in [-0.15, -0.1) is 11.3 Å². The number of amides is 1. The van der Waals surface area contributed by atoms with Gasteiger partial charge in [0.2, 0.25) is 5.91 Å². The van der Waals surface area contributed by atoms with Gasteiger partial charge in [0, 0.05) is 30.3 Å². The van der Waals surface area contributed by atoms with Crippen LogP contribution in [0.4, 0.5) is 0 Å². The first kappa shape index (κ1) is 17.2. The smallest absolute Gasteiger partial charge is 0.228 e. The fraction of sp³-hybridized carbons (Fsp3) is 0.450. The molecule has 1 amide bonds. The van der Waals surface area contributed by atoms with Crippen LogP contribution in [0.2, 0.25) is 0 Å². The summed E-state index contributed by atoms with van der Waals surface area (Å²) in [6.07, 6.45) is 2.33. The third kappa shape index (κ3) is 3.51. The Labute approximate surface area is 157 Å². The number of carbonyl (C=O) groups excluding carboxylic acids is 1. The van der Waals surface area contributed by atoms with Crippen LogP contribution >= 0.6 is 11.3 Å². The van der Waals surface area contributed by atoms with Crippen molar-refractivity contribution in [1.29, 1.82) is 0 Å². The molecule has 0 unspecified atom stereocenters. The quantitative estimate of drug-likeness (QED) is 0.754. The largest absolute Gasteiger partial charge is 0.342 e. The van der Waals surface area contributed by atoms with E-state index < -0.39 is 0 Å². The van der Waals surface area contributed by atoms with E-state index in [0.29, 0.717) is 18.3 Å². The van der Waals surface area contributed by atoms with E-state index in [2.05, 4.69) is 29.9 Å². The second kappa shape index (κ2) is 7.19. The molecule has 1 aliphatic rings. The molecule has 0 spiro atoms. The zero-order valence-corrected chi connectivity index (χ0v) is 16.1. The van der Waals surface area contributed by atoms with Crippen LogP contribution in [0.3, 0.4) is 0 Å². The van der Waals surface area contributed by atoms with E-state index in [1.165, 1.54) is 0 Å². The molecule has 6 heteroatoms. The van der Waals surface area contributed by atoms with Crippen molar-refractivity contribution < 1.29 is 4.79 Å². The normalized spacial score (nSPS) is 15.9. The molecular formula is C20H24N4OS. The number of imidazole rings is 1. The van der Waals surface area contributed by atoms with Gasteiger partial charge >= 0.3 is 0 Å². The van der Waals surface area contributed by atoms with Gasteiger partial charge in [-0.1, -0.05) is 26.0 Å². The number of rotatable bonds is 4. The Morgan fingerprint density at radius 3 is 2.73 bits per heavy atom. The molecule has 2 aromatic heterocycles. The number of hydrogen-bond donors (Lipinski definition) is 1. The SMILES string of the molecule is CC(C)c1nc(CC(=O)N2CCC(c3nc4ccccc4[nH]3)CC2)cs1. The summed E-state index contributed by atoms with van der Waals surface area (Å²) >= 11 is 1.65. The van der Waals surface area contributed by atoms with E-state index in [-0.39, 0.29) is 5.91 Å². The summed E-state index contributed by atoms with van der Waals surface area (Å²) in [5, 5.41) is 3.13. The Morgan fingerprint density at radius 2 is 2.04 bits per heavy atom. The van der Waals surface area contributed by atoms with Gasteiger partial charge in [-0.25, -0.2) is 9.97 Å². The number of thiazole rings is 1. The first-order chi connectivity index (χ1) is 12.6. The maximum absolute atomic E-state index is 12.6. The molecule has 0 aliphatic carbocycles. The number of benzene rings is 1. The van der Waals surface area contributed by atoms with Crippen molar-refractivity contribution in [1.82, 2.24) is 19.9 Å². The number of carbonyl (C=O) groups is 1. The highest BCUT2D eigenvalue weighted by molar-refractivity contribution is 7.09. The molecule has 1 saturated heterocycles. The molecule has 1 aromatic carbocycles. The summed E-state index contributed by atoms with van der Waals surface area (Å²) in [6.45, 7) is 5.85. The van der Waals surface area contributed by atoms with Crippen LogP contribution in [-0.4, -0.2) is 38.8 Å². The van der Waals surface area contributed by atoms with Crippen molar-refractivity contribution in [2.45, 2.75) is 44.9 Å². The minimum absolute atomic E-state index is 0.189. The van der Waals surface area contributed by atoms with E-state index in [1.807, 2.05) is 28.5 Å². The number of fused-ring (bicyclic) bond motifs is 1. The molecule has 3 aromatic rings. The van der Waals surface area contributed by atoms with Crippen LogP contribution in [0.15, 0.2) is 29.6 Å². The van der Waals surface area contributed by atoms with Crippen molar-refractivity contribution in [2.24, 2.45) is 0 Å². The van der Waals surface area contributed by atoms with E-state index in [9.17, 15) is 4.79 Å². The van der Waals surface area contributed by atoms with Crippen LogP contribution in [0, 0.1) is 0 Å². The monoisotopic (exact) mass is 368 g/mol. The highest BCUT2D eigenvalue weighted by Crippen LogP contribution is 2.28. The summed E-state index contributed by atoms with van der Waals surface area (Å²) in [5.41, 5.74) is 3.01. The van der Waals surface area contributed by atoms with E-state index in [4.69, 9.17) is 4.98 Å². The topological polar surface area (TPSA) is 61.9 Å². The van der Waals surface area contributed by atoms with Gasteiger partial charge < -0.3 is 9.88 Å². The zero-order valence-electron chi connectivity index (χ0n) is 15.2. The van der Waals surface area contributed by atoms with E-state index >= 15 is 0 Å². The number of nitrogens with zero attached hydrogens (tertiary/aromatic N) is 3. The Hall–Kier alpha value is -2.21. The molecule has 0 radical (unpaired) electrons.